The Labute approximate surface area is 132 Å². The molecule has 1 N–H and O–H groups in total. The third kappa shape index (κ3) is 3.66. The number of likely N-dealkylation sites (tertiary alicyclic amines) is 1. The van der Waals surface area contributed by atoms with E-state index in [0.29, 0.717) is 0 Å². The molecular formula is C14H16F2N2O4S. The normalized spacial score (nSPS) is 20.8. The quantitative estimate of drug-likeness (QED) is 0.864. The van der Waals surface area contributed by atoms with Gasteiger partial charge in [0.15, 0.2) is 0 Å². The maximum atomic E-state index is 13.6. The summed E-state index contributed by atoms with van der Waals surface area (Å²) in [5, 5.41) is 0. The highest BCUT2D eigenvalue weighted by Crippen LogP contribution is 2.31. The van der Waals surface area contributed by atoms with E-state index in [1.54, 1.807) is 0 Å². The molecule has 0 radical (unpaired) electrons. The predicted octanol–water partition coefficient (Wildman–Crippen LogP) is 0.574. The maximum Gasteiger partial charge on any atom is 0.259 e. The van der Waals surface area contributed by atoms with Crippen LogP contribution in [0.5, 0.6) is 0 Å². The van der Waals surface area contributed by atoms with E-state index in [1.807, 2.05) is 4.72 Å². The van der Waals surface area contributed by atoms with Crippen molar-refractivity contribution in [1.29, 1.82) is 0 Å². The van der Waals surface area contributed by atoms with E-state index in [1.165, 1.54) is 6.92 Å². The minimum atomic E-state index is -3.75. The fourth-order valence-corrected chi connectivity index (χ4v) is 2.97. The molecule has 0 bridgehead atoms. The van der Waals surface area contributed by atoms with E-state index in [-0.39, 0.29) is 18.5 Å². The van der Waals surface area contributed by atoms with Crippen LogP contribution in [0, 0.1) is 11.6 Å². The fraction of sp³-hybridized carbons (Fsp3) is 0.429. The Bertz CT molecular complexity index is 766. The van der Waals surface area contributed by atoms with Gasteiger partial charge in [0.25, 0.3) is 5.91 Å². The van der Waals surface area contributed by atoms with Crippen molar-refractivity contribution in [3.8, 4) is 0 Å². The van der Waals surface area contributed by atoms with E-state index in [2.05, 4.69) is 0 Å². The lowest BCUT2D eigenvalue weighted by molar-refractivity contribution is -0.156. The molecule has 1 saturated heterocycles. The van der Waals surface area contributed by atoms with Crippen molar-refractivity contribution in [2.24, 2.45) is 0 Å². The molecule has 1 atom stereocenters. The minimum absolute atomic E-state index is 0.118. The summed E-state index contributed by atoms with van der Waals surface area (Å²) in [5.41, 5.74) is -1.43. The first-order valence-electron chi connectivity index (χ1n) is 6.79. The summed E-state index contributed by atoms with van der Waals surface area (Å²) in [4.78, 5) is 25.4. The number of benzene rings is 1. The molecule has 1 aromatic carbocycles. The summed E-state index contributed by atoms with van der Waals surface area (Å²) >= 11 is 0. The number of carbonyl (C=O) groups excluding carboxylic acids is 2. The van der Waals surface area contributed by atoms with Crippen LogP contribution in [0.15, 0.2) is 18.2 Å². The molecule has 1 aliphatic rings. The van der Waals surface area contributed by atoms with Crippen LogP contribution in [0.25, 0.3) is 0 Å². The fourth-order valence-electron chi connectivity index (χ4n) is 2.41. The molecule has 23 heavy (non-hydrogen) atoms. The van der Waals surface area contributed by atoms with E-state index in [9.17, 15) is 26.8 Å². The van der Waals surface area contributed by atoms with E-state index >= 15 is 0 Å². The van der Waals surface area contributed by atoms with Gasteiger partial charge in [-0.05, 0) is 31.5 Å². The highest BCUT2D eigenvalue weighted by molar-refractivity contribution is 7.89. The highest BCUT2D eigenvalue weighted by atomic mass is 32.2. The lowest BCUT2D eigenvalue weighted by Crippen LogP contribution is -2.68. The molecule has 1 aromatic rings. The number of halogens is 2. The summed E-state index contributed by atoms with van der Waals surface area (Å²) in [6.07, 6.45) is 0.707. The van der Waals surface area contributed by atoms with Crippen LogP contribution in [0.3, 0.4) is 0 Å². The molecule has 6 nitrogen and oxygen atoms in total. The average Bonchev–Trinajstić information content (AvgIpc) is 2.38. The molecule has 2 amide bonds. The largest absolute Gasteiger partial charge is 0.328 e. The summed E-state index contributed by atoms with van der Waals surface area (Å²) in [6.45, 7) is 1.67. The summed E-state index contributed by atoms with van der Waals surface area (Å²) in [6, 6.07) is 2.78. The third-order valence-corrected chi connectivity index (χ3v) is 4.39. The average molecular weight is 346 g/mol. The molecule has 0 aromatic heterocycles. The first-order valence-corrected chi connectivity index (χ1v) is 8.69. The van der Waals surface area contributed by atoms with E-state index < -0.39 is 45.4 Å². The maximum absolute atomic E-state index is 13.6. The molecule has 1 fully saturated rings. The molecule has 0 aliphatic carbocycles. The molecule has 1 heterocycles. The van der Waals surface area contributed by atoms with Crippen molar-refractivity contribution in [1.82, 2.24) is 9.62 Å². The second-order valence-corrected chi connectivity index (χ2v) is 7.43. The molecule has 126 valence electrons. The van der Waals surface area contributed by atoms with Crippen LogP contribution in [-0.4, -0.2) is 43.5 Å². The topological polar surface area (TPSA) is 83.6 Å². The van der Waals surface area contributed by atoms with Crippen molar-refractivity contribution in [3.05, 3.63) is 35.4 Å². The monoisotopic (exact) mass is 346 g/mol. The number of sulfonamides is 1. The number of rotatable bonds is 4. The molecule has 9 heteroatoms. The number of carbonyl (C=O) groups is 2. The van der Waals surface area contributed by atoms with Crippen LogP contribution in [0.1, 0.15) is 18.9 Å². The number of nitrogens with one attached hydrogen (secondary N) is 1. The van der Waals surface area contributed by atoms with Gasteiger partial charge in [0.2, 0.25) is 15.9 Å². The van der Waals surface area contributed by atoms with Gasteiger partial charge in [-0.3, -0.25) is 14.3 Å². The zero-order valence-corrected chi connectivity index (χ0v) is 13.4. The number of hydrogen-bond donors (Lipinski definition) is 1. The SMILES string of the molecule is CC1(C(=O)NS(C)(=O)=O)CCN1C(=O)Cc1cc(F)ccc1F. The van der Waals surface area contributed by atoms with Crippen molar-refractivity contribution in [2.75, 3.05) is 12.8 Å². The van der Waals surface area contributed by atoms with Gasteiger partial charge in [-0.2, -0.15) is 0 Å². The van der Waals surface area contributed by atoms with Crippen LogP contribution in [-0.2, 0) is 26.0 Å². The molecule has 1 unspecified atom stereocenters. The lowest BCUT2D eigenvalue weighted by Gasteiger charge is -2.48. The van der Waals surface area contributed by atoms with Crippen molar-refractivity contribution in [3.63, 3.8) is 0 Å². The van der Waals surface area contributed by atoms with Crippen molar-refractivity contribution < 1.29 is 26.8 Å². The second-order valence-electron chi connectivity index (χ2n) is 5.69. The van der Waals surface area contributed by atoms with E-state index in [0.717, 1.165) is 29.4 Å². The van der Waals surface area contributed by atoms with E-state index in [4.69, 9.17) is 0 Å². The summed E-state index contributed by atoms with van der Waals surface area (Å²) in [5.74, 6) is -2.79. The van der Waals surface area contributed by atoms with Crippen molar-refractivity contribution >= 4 is 21.8 Å². The van der Waals surface area contributed by atoms with Crippen molar-refractivity contribution in [2.45, 2.75) is 25.3 Å². The molecule has 1 aliphatic heterocycles. The van der Waals surface area contributed by atoms with Gasteiger partial charge in [-0.1, -0.05) is 0 Å². The molecule has 0 spiro atoms. The predicted molar refractivity (Wildman–Crippen MR) is 77.8 cm³/mol. The van der Waals surface area contributed by atoms with Gasteiger partial charge < -0.3 is 4.90 Å². The van der Waals surface area contributed by atoms with Gasteiger partial charge >= 0.3 is 0 Å². The summed E-state index contributed by atoms with van der Waals surface area (Å²) in [7, 11) is -3.75. The lowest BCUT2D eigenvalue weighted by atomic mass is 9.85. The van der Waals surface area contributed by atoms with Crippen LogP contribution < -0.4 is 4.72 Å². The van der Waals surface area contributed by atoms with Gasteiger partial charge in [-0.25, -0.2) is 17.2 Å². The molecule has 2 rings (SSSR count). The Hall–Kier alpha value is -2.03. The first-order chi connectivity index (χ1) is 10.5. The first kappa shape index (κ1) is 17.3. The van der Waals surface area contributed by atoms with Gasteiger partial charge in [0.1, 0.15) is 17.2 Å². The Morgan fingerprint density at radius 1 is 1.35 bits per heavy atom. The number of nitrogens with zero attached hydrogens (tertiary/aromatic N) is 1. The number of amides is 2. The molecular weight excluding hydrogens is 330 g/mol. The number of hydrogen-bond acceptors (Lipinski definition) is 4. The standard InChI is InChI=1S/C14H16F2N2O4S/c1-14(13(20)17-23(2,21)22)5-6-18(14)12(19)8-9-7-10(15)3-4-11(9)16/h3-4,7H,5-6,8H2,1-2H3,(H,17,20). The Kier molecular flexibility index (Phi) is 4.43. The minimum Gasteiger partial charge on any atom is -0.328 e. The Morgan fingerprint density at radius 2 is 2.00 bits per heavy atom. The Morgan fingerprint density at radius 3 is 2.52 bits per heavy atom. The van der Waals surface area contributed by atoms with Gasteiger partial charge in [-0.15, -0.1) is 0 Å². The molecule has 0 saturated carbocycles. The van der Waals surface area contributed by atoms with Crippen LogP contribution in [0.2, 0.25) is 0 Å². The van der Waals surface area contributed by atoms with Crippen LogP contribution >= 0.6 is 0 Å². The van der Waals surface area contributed by atoms with Gasteiger partial charge in [0.05, 0.1) is 12.7 Å². The van der Waals surface area contributed by atoms with Crippen LogP contribution in [0.4, 0.5) is 8.78 Å². The zero-order valence-electron chi connectivity index (χ0n) is 12.6. The third-order valence-electron chi connectivity index (χ3n) is 3.84. The zero-order chi connectivity index (χ0) is 17.4. The smallest absolute Gasteiger partial charge is 0.259 e. The second kappa shape index (κ2) is 5.88. The van der Waals surface area contributed by atoms with Gasteiger partial charge in [0, 0.05) is 12.1 Å². The Balaban J connectivity index is 2.14. The summed E-state index contributed by atoms with van der Waals surface area (Å²) < 4.78 is 50.9. The highest BCUT2D eigenvalue weighted by Gasteiger charge is 2.50.